The maximum Gasteiger partial charge on any atom is 0.401 e. The largest absolute Gasteiger partial charge is 0.497 e. The number of hydrogen-bond acceptors (Lipinski definition) is 4. The van der Waals surface area contributed by atoms with Gasteiger partial charge in [-0.1, -0.05) is 6.07 Å². The molecule has 1 saturated heterocycles. The minimum Gasteiger partial charge on any atom is -0.497 e. The summed E-state index contributed by atoms with van der Waals surface area (Å²) < 4.78 is 47.6. The molecule has 1 aromatic carbocycles. The molecule has 0 spiro atoms. The van der Waals surface area contributed by atoms with Crippen LogP contribution in [0.15, 0.2) is 18.2 Å². The highest BCUT2D eigenvalue weighted by Crippen LogP contribution is 2.25. The van der Waals surface area contributed by atoms with Gasteiger partial charge in [-0.15, -0.1) is 0 Å². The Morgan fingerprint density at radius 1 is 1.26 bits per heavy atom. The molecule has 1 aromatic rings. The second kappa shape index (κ2) is 7.88. The van der Waals surface area contributed by atoms with E-state index in [1.807, 2.05) is 18.2 Å². The lowest BCUT2D eigenvalue weighted by Crippen LogP contribution is -2.33. The fraction of sp³-hybridized carbons (Fsp3) is 0.625. The van der Waals surface area contributed by atoms with Gasteiger partial charge in [0, 0.05) is 24.7 Å². The summed E-state index contributed by atoms with van der Waals surface area (Å²) in [6, 6.07) is 5.60. The summed E-state index contributed by atoms with van der Waals surface area (Å²) in [6.07, 6.45) is -3.32. The first-order valence-corrected chi connectivity index (χ1v) is 7.62. The molecule has 1 atom stereocenters. The van der Waals surface area contributed by atoms with E-state index in [1.165, 1.54) is 4.90 Å². The molecular formula is C16H23F3N2O2. The van der Waals surface area contributed by atoms with Crippen LogP contribution in [0.1, 0.15) is 12.0 Å². The number of ether oxygens (including phenoxy) is 2. The van der Waals surface area contributed by atoms with Crippen molar-refractivity contribution in [3.05, 3.63) is 23.8 Å². The van der Waals surface area contributed by atoms with Crippen LogP contribution in [0.4, 0.5) is 13.2 Å². The van der Waals surface area contributed by atoms with Crippen LogP contribution in [-0.4, -0.2) is 51.5 Å². The smallest absolute Gasteiger partial charge is 0.401 e. The molecule has 0 radical (unpaired) electrons. The van der Waals surface area contributed by atoms with Crippen LogP contribution >= 0.6 is 0 Å². The van der Waals surface area contributed by atoms with Crippen LogP contribution in [0.3, 0.4) is 0 Å². The molecule has 130 valence electrons. The first-order valence-electron chi connectivity index (χ1n) is 7.62. The first kappa shape index (κ1) is 17.9. The summed E-state index contributed by atoms with van der Waals surface area (Å²) in [5.74, 6) is 1.72. The number of likely N-dealkylation sites (tertiary alicyclic amines) is 1. The maximum absolute atomic E-state index is 12.4. The molecule has 1 aliphatic rings. The molecule has 7 heteroatoms. The third kappa shape index (κ3) is 5.58. The van der Waals surface area contributed by atoms with Crippen LogP contribution in [0.2, 0.25) is 0 Å². The molecular weight excluding hydrogens is 309 g/mol. The van der Waals surface area contributed by atoms with Gasteiger partial charge in [0.2, 0.25) is 0 Å². The van der Waals surface area contributed by atoms with Crippen LogP contribution in [0.25, 0.3) is 0 Å². The van der Waals surface area contributed by atoms with Crippen LogP contribution < -0.4 is 14.8 Å². The van der Waals surface area contributed by atoms with Crippen molar-refractivity contribution < 1.29 is 22.6 Å². The Balaban J connectivity index is 1.78. The lowest BCUT2D eigenvalue weighted by Gasteiger charge is -2.18. The Morgan fingerprint density at radius 3 is 2.70 bits per heavy atom. The Hall–Kier alpha value is -1.47. The van der Waals surface area contributed by atoms with Gasteiger partial charge in [0.25, 0.3) is 0 Å². The molecule has 1 heterocycles. The van der Waals surface area contributed by atoms with E-state index in [4.69, 9.17) is 9.47 Å². The summed E-state index contributed by atoms with van der Waals surface area (Å²) in [7, 11) is 3.20. The van der Waals surface area contributed by atoms with Gasteiger partial charge >= 0.3 is 6.18 Å². The summed E-state index contributed by atoms with van der Waals surface area (Å²) >= 11 is 0. The van der Waals surface area contributed by atoms with Crippen LogP contribution in [0.5, 0.6) is 11.5 Å². The van der Waals surface area contributed by atoms with E-state index in [9.17, 15) is 13.2 Å². The fourth-order valence-corrected chi connectivity index (χ4v) is 2.89. The number of benzene rings is 1. The fourth-order valence-electron chi connectivity index (χ4n) is 2.89. The quantitative estimate of drug-likeness (QED) is 0.832. The molecule has 4 nitrogen and oxygen atoms in total. The molecule has 1 aliphatic heterocycles. The van der Waals surface area contributed by atoms with E-state index >= 15 is 0 Å². The highest BCUT2D eigenvalue weighted by molar-refractivity contribution is 5.40. The number of methoxy groups -OCH3 is 2. The molecule has 1 N–H and O–H groups in total. The van der Waals surface area contributed by atoms with Crippen molar-refractivity contribution in [2.45, 2.75) is 19.1 Å². The molecule has 1 fully saturated rings. The summed E-state index contributed by atoms with van der Waals surface area (Å²) in [6.45, 7) is 1.51. The Bertz CT molecular complexity index is 509. The highest BCUT2D eigenvalue weighted by Gasteiger charge is 2.34. The van der Waals surface area contributed by atoms with Gasteiger partial charge in [-0.2, -0.15) is 13.2 Å². The van der Waals surface area contributed by atoms with Gasteiger partial charge in [0.15, 0.2) is 0 Å². The van der Waals surface area contributed by atoms with E-state index < -0.39 is 12.7 Å². The lowest BCUT2D eigenvalue weighted by atomic mass is 10.1. The van der Waals surface area contributed by atoms with E-state index in [0.29, 0.717) is 26.2 Å². The highest BCUT2D eigenvalue weighted by atomic mass is 19.4. The zero-order chi connectivity index (χ0) is 16.9. The monoisotopic (exact) mass is 332 g/mol. The standard InChI is InChI=1S/C16H23F3N2O2/c1-22-14-4-3-13(15(7-14)23-2)9-20-8-12-5-6-21(10-12)11-16(17,18)19/h3-4,7,12,20H,5-6,8-11H2,1-2H3/t12-/m1/s1. The van der Waals surface area contributed by atoms with Crippen molar-refractivity contribution in [2.24, 2.45) is 5.92 Å². The topological polar surface area (TPSA) is 33.7 Å². The van der Waals surface area contributed by atoms with E-state index in [1.54, 1.807) is 14.2 Å². The van der Waals surface area contributed by atoms with Gasteiger partial charge < -0.3 is 14.8 Å². The second-order valence-corrected chi connectivity index (χ2v) is 5.81. The van der Waals surface area contributed by atoms with Crippen molar-refractivity contribution in [1.82, 2.24) is 10.2 Å². The molecule has 2 rings (SSSR count). The second-order valence-electron chi connectivity index (χ2n) is 5.81. The predicted molar refractivity (Wildman–Crippen MR) is 81.9 cm³/mol. The molecule has 0 amide bonds. The van der Waals surface area contributed by atoms with Gasteiger partial charge in [-0.05, 0) is 31.5 Å². The Morgan fingerprint density at radius 2 is 2.04 bits per heavy atom. The van der Waals surface area contributed by atoms with Gasteiger partial charge in [0.1, 0.15) is 11.5 Å². The number of rotatable bonds is 7. The molecule has 0 unspecified atom stereocenters. The average molecular weight is 332 g/mol. The van der Waals surface area contributed by atoms with E-state index in [0.717, 1.165) is 23.5 Å². The minimum atomic E-state index is -4.11. The van der Waals surface area contributed by atoms with Gasteiger partial charge in [0.05, 0.1) is 20.8 Å². The zero-order valence-electron chi connectivity index (χ0n) is 13.4. The molecule has 0 aliphatic carbocycles. The summed E-state index contributed by atoms with van der Waals surface area (Å²) in [5.41, 5.74) is 0.999. The van der Waals surface area contributed by atoms with Gasteiger partial charge in [-0.3, -0.25) is 4.90 Å². The Kier molecular flexibility index (Phi) is 6.12. The lowest BCUT2D eigenvalue weighted by molar-refractivity contribution is -0.143. The van der Waals surface area contributed by atoms with Crippen molar-refractivity contribution >= 4 is 0 Å². The summed E-state index contributed by atoms with van der Waals surface area (Å²) in [5, 5.41) is 3.31. The normalized spacial score (nSPS) is 19.1. The van der Waals surface area contributed by atoms with Crippen molar-refractivity contribution in [3.63, 3.8) is 0 Å². The van der Waals surface area contributed by atoms with Crippen molar-refractivity contribution in [2.75, 3.05) is 40.4 Å². The van der Waals surface area contributed by atoms with Crippen molar-refractivity contribution in [3.8, 4) is 11.5 Å². The van der Waals surface area contributed by atoms with Gasteiger partial charge in [-0.25, -0.2) is 0 Å². The number of alkyl halides is 3. The number of nitrogens with one attached hydrogen (secondary N) is 1. The Labute approximate surface area is 134 Å². The molecule has 0 saturated carbocycles. The molecule has 0 bridgehead atoms. The molecule has 23 heavy (non-hydrogen) atoms. The number of hydrogen-bond donors (Lipinski definition) is 1. The maximum atomic E-state index is 12.4. The summed E-state index contributed by atoms with van der Waals surface area (Å²) in [4.78, 5) is 1.47. The third-order valence-electron chi connectivity index (χ3n) is 4.02. The molecule has 0 aromatic heterocycles. The number of nitrogens with zero attached hydrogens (tertiary/aromatic N) is 1. The number of halogens is 3. The minimum absolute atomic E-state index is 0.251. The first-order chi connectivity index (χ1) is 10.9. The van der Waals surface area contributed by atoms with E-state index in [2.05, 4.69) is 5.32 Å². The van der Waals surface area contributed by atoms with Crippen LogP contribution in [-0.2, 0) is 6.54 Å². The SMILES string of the molecule is COc1ccc(CNC[C@H]2CCN(CC(F)(F)F)C2)c(OC)c1. The van der Waals surface area contributed by atoms with Crippen molar-refractivity contribution in [1.29, 1.82) is 0 Å². The third-order valence-corrected chi connectivity index (χ3v) is 4.02. The van der Waals surface area contributed by atoms with E-state index in [-0.39, 0.29) is 5.92 Å². The van der Waals surface area contributed by atoms with Crippen LogP contribution in [0, 0.1) is 5.92 Å². The zero-order valence-corrected chi connectivity index (χ0v) is 13.4. The average Bonchev–Trinajstić information content (AvgIpc) is 2.92. The predicted octanol–water partition coefficient (Wildman–Crippen LogP) is 2.68.